The molecule has 0 bridgehead atoms. The van der Waals surface area contributed by atoms with Crippen LogP contribution < -0.4 is 5.73 Å². The summed E-state index contributed by atoms with van der Waals surface area (Å²) in [5, 5.41) is 8.51. The largest absolute Gasteiger partial charge is 0.359 e. The van der Waals surface area contributed by atoms with E-state index in [-0.39, 0.29) is 17.5 Å². The van der Waals surface area contributed by atoms with Crippen molar-refractivity contribution >= 4 is 28.8 Å². The van der Waals surface area contributed by atoms with Crippen LogP contribution in [0.25, 0.3) is 0 Å². The van der Waals surface area contributed by atoms with Gasteiger partial charge in [0.05, 0.1) is 11.5 Å². The number of rotatable bonds is 4. The molecule has 80 valence electrons. The van der Waals surface area contributed by atoms with Gasteiger partial charge >= 0.3 is 6.08 Å². The van der Waals surface area contributed by atoms with Gasteiger partial charge in [0, 0.05) is 6.54 Å². The minimum absolute atomic E-state index is 0. The standard InChI is InChI=1S/C6H10F3NOS.ClH/c7-4(6(8)9)3-5(11)12-2-1-10;/h11-12H,1-3,10H2;1H. The SMILES string of the molecule is Cl.NCC[SH]=C(O)CC(F)=C(F)F. The van der Waals surface area contributed by atoms with Gasteiger partial charge in [-0.15, -0.1) is 12.4 Å². The molecule has 0 amide bonds. The summed E-state index contributed by atoms with van der Waals surface area (Å²) >= 11 is 0.397. The van der Waals surface area contributed by atoms with Gasteiger partial charge in [-0.3, -0.25) is 0 Å². The molecule has 3 N–H and O–H groups in total. The van der Waals surface area contributed by atoms with Crippen molar-refractivity contribution in [2.24, 2.45) is 5.73 Å². The van der Waals surface area contributed by atoms with E-state index >= 15 is 0 Å². The molecular formula is C6H11ClF3NOS. The molecule has 0 aromatic rings. The normalized spacial score (nSPS) is 11.3. The van der Waals surface area contributed by atoms with Crippen LogP contribution >= 0.6 is 23.8 Å². The molecule has 0 aromatic heterocycles. The highest BCUT2D eigenvalue weighted by Crippen LogP contribution is 2.14. The number of aliphatic hydroxyl groups excluding tert-OH is 1. The Labute approximate surface area is 84.0 Å². The molecule has 0 saturated heterocycles. The van der Waals surface area contributed by atoms with Gasteiger partial charge in [-0.25, -0.2) is 4.39 Å². The van der Waals surface area contributed by atoms with Crippen LogP contribution in [0.1, 0.15) is 6.42 Å². The van der Waals surface area contributed by atoms with E-state index in [1.807, 2.05) is 0 Å². The zero-order valence-corrected chi connectivity index (χ0v) is 8.35. The number of hydrogen-bond donors (Lipinski definition) is 3. The highest BCUT2D eigenvalue weighted by Gasteiger charge is 2.06. The Bertz CT molecular complexity index is 206. The third-order valence-corrected chi connectivity index (χ3v) is 1.95. The molecule has 2 nitrogen and oxygen atoms in total. The second-order valence-corrected chi connectivity index (χ2v) is 3.21. The summed E-state index contributed by atoms with van der Waals surface area (Å²) in [7, 11) is 0. The van der Waals surface area contributed by atoms with E-state index in [0.717, 1.165) is 0 Å². The lowest BCUT2D eigenvalue weighted by atomic mass is 10.4. The number of hydrogen-bond acceptors (Lipinski definition) is 1. The lowest BCUT2D eigenvalue weighted by molar-refractivity contribution is 0.373. The van der Waals surface area contributed by atoms with Crippen LogP contribution in [0.15, 0.2) is 11.9 Å². The number of nitrogens with two attached hydrogens (primary N) is 1. The smallest absolute Gasteiger partial charge is 0.301 e. The molecule has 7 heteroatoms. The first-order valence-electron chi connectivity index (χ1n) is 3.20. The molecule has 0 aliphatic heterocycles. The van der Waals surface area contributed by atoms with Crippen LogP contribution in [0, 0.1) is 0 Å². The van der Waals surface area contributed by atoms with Crippen molar-refractivity contribution in [3.63, 3.8) is 0 Å². The van der Waals surface area contributed by atoms with Crippen molar-refractivity contribution in [1.29, 1.82) is 0 Å². The first-order chi connectivity index (χ1) is 5.57. The summed E-state index contributed by atoms with van der Waals surface area (Å²) in [4.78, 5) is 0. The Kier molecular flexibility index (Phi) is 10.2. The average molecular weight is 238 g/mol. The minimum atomic E-state index is -2.38. The summed E-state index contributed by atoms with van der Waals surface area (Å²) in [5.74, 6) is -1.15. The summed E-state index contributed by atoms with van der Waals surface area (Å²) in [5.41, 5.74) is 5.08. The quantitative estimate of drug-likeness (QED) is 0.517. The van der Waals surface area contributed by atoms with Gasteiger partial charge in [0.15, 0.2) is 5.83 Å². The third-order valence-electron chi connectivity index (χ3n) is 0.942. The van der Waals surface area contributed by atoms with Crippen molar-refractivity contribution in [1.82, 2.24) is 0 Å². The van der Waals surface area contributed by atoms with E-state index in [2.05, 4.69) is 0 Å². The number of thiol groups is 1. The fourth-order valence-electron chi connectivity index (χ4n) is 0.455. The highest BCUT2D eigenvalue weighted by atomic mass is 35.5. The molecule has 0 saturated carbocycles. The Morgan fingerprint density at radius 1 is 1.31 bits per heavy atom. The zero-order chi connectivity index (χ0) is 9.56. The fourth-order valence-corrected chi connectivity index (χ4v) is 1.09. The van der Waals surface area contributed by atoms with Crippen LogP contribution in [0.4, 0.5) is 13.2 Å². The van der Waals surface area contributed by atoms with Crippen molar-refractivity contribution in [3.8, 4) is 0 Å². The molecule has 0 rings (SSSR count). The molecule has 0 heterocycles. The van der Waals surface area contributed by atoms with Crippen molar-refractivity contribution in [2.75, 3.05) is 12.3 Å². The van der Waals surface area contributed by atoms with E-state index < -0.39 is 18.3 Å². The second-order valence-electron chi connectivity index (χ2n) is 1.93. The monoisotopic (exact) mass is 237 g/mol. The molecule has 0 spiro atoms. The minimum Gasteiger partial charge on any atom is -0.359 e. The van der Waals surface area contributed by atoms with E-state index in [1.165, 1.54) is 0 Å². The fraction of sp³-hybridized carbons (Fsp3) is 0.500. The van der Waals surface area contributed by atoms with E-state index in [0.29, 0.717) is 23.6 Å². The Hall–Kier alpha value is -0.0400. The average Bonchev–Trinajstić information content (AvgIpc) is 2.00. The predicted octanol–water partition coefficient (Wildman–Crippen LogP) is 1.99. The van der Waals surface area contributed by atoms with Gasteiger partial charge in [0.2, 0.25) is 0 Å². The lowest BCUT2D eigenvalue weighted by Crippen LogP contribution is -2.02. The van der Waals surface area contributed by atoms with Crippen LogP contribution in [-0.4, -0.2) is 22.5 Å². The third kappa shape index (κ3) is 8.29. The molecule has 0 fully saturated rings. The topological polar surface area (TPSA) is 46.2 Å². The van der Waals surface area contributed by atoms with Crippen molar-refractivity contribution < 1.29 is 18.3 Å². The summed E-state index contributed by atoms with van der Waals surface area (Å²) < 4.78 is 35.0. The molecule has 0 aliphatic rings. The summed E-state index contributed by atoms with van der Waals surface area (Å²) in [6.45, 7) is 0.328. The summed E-state index contributed by atoms with van der Waals surface area (Å²) in [6.07, 6.45) is -3.10. The molecule has 0 radical (unpaired) electrons. The van der Waals surface area contributed by atoms with Gasteiger partial charge in [0.1, 0.15) is 0 Å². The van der Waals surface area contributed by atoms with Gasteiger partial charge in [-0.2, -0.15) is 20.1 Å². The lowest BCUT2D eigenvalue weighted by Gasteiger charge is -1.96. The second kappa shape index (κ2) is 8.55. The van der Waals surface area contributed by atoms with E-state index in [9.17, 15) is 13.2 Å². The Balaban J connectivity index is 0. The van der Waals surface area contributed by atoms with Gasteiger partial charge in [-0.1, -0.05) is 0 Å². The van der Waals surface area contributed by atoms with Crippen molar-refractivity contribution in [3.05, 3.63) is 11.9 Å². The zero-order valence-electron chi connectivity index (χ0n) is 6.64. The highest BCUT2D eigenvalue weighted by molar-refractivity contribution is 7.98. The molecule has 13 heavy (non-hydrogen) atoms. The maximum atomic E-state index is 12.1. The molecule has 0 atom stereocenters. The molecule has 0 aromatic carbocycles. The Morgan fingerprint density at radius 2 is 1.85 bits per heavy atom. The van der Waals surface area contributed by atoms with Crippen LogP contribution in [-0.2, 0) is 0 Å². The Morgan fingerprint density at radius 3 is 2.23 bits per heavy atom. The maximum absolute atomic E-state index is 12.1. The van der Waals surface area contributed by atoms with Crippen LogP contribution in [0.3, 0.4) is 0 Å². The van der Waals surface area contributed by atoms with E-state index in [4.69, 9.17) is 10.8 Å². The van der Waals surface area contributed by atoms with Crippen LogP contribution in [0.2, 0.25) is 0 Å². The summed E-state index contributed by atoms with van der Waals surface area (Å²) in [6, 6.07) is 0. The molecule has 0 aliphatic carbocycles. The maximum Gasteiger partial charge on any atom is 0.301 e. The first kappa shape index (κ1) is 15.4. The molecular weight excluding hydrogens is 227 g/mol. The molecule has 0 unspecified atom stereocenters. The number of halogens is 4. The number of aliphatic hydroxyl groups is 1. The van der Waals surface area contributed by atoms with Gasteiger partial charge in [0.25, 0.3) is 0 Å². The van der Waals surface area contributed by atoms with Gasteiger partial charge < -0.3 is 10.8 Å². The van der Waals surface area contributed by atoms with Crippen LogP contribution in [0.5, 0.6) is 0 Å². The first-order valence-corrected chi connectivity index (χ1v) is 4.28. The van der Waals surface area contributed by atoms with Crippen molar-refractivity contribution in [2.45, 2.75) is 6.42 Å². The van der Waals surface area contributed by atoms with Gasteiger partial charge in [-0.05, 0) is 5.75 Å². The predicted molar refractivity (Wildman–Crippen MR) is 52.8 cm³/mol. The van der Waals surface area contributed by atoms with E-state index in [1.54, 1.807) is 0 Å².